The number of aromatic nitrogens is 2. The summed E-state index contributed by atoms with van der Waals surface area (Å²) >= 11 is 4.29. The van der Waals surface area contributed by atoms with Crippen LogP contribution in [0.3, 0.4) is 0 Å². The third-order valence-electron chi connectivity index (χ3n) is 13.5. The van der Waals surface area contributed by atoms with Crippen LogP contribution >= 0.6 is 33.9 Å². The van der Waals surface area contributed by atoms with Crippen molar-refractivity contribution in [1.29, 1.82) is 0 Å². The molecule has 1 spiro atoms. The van der Waals surface area contributed by atoms with Crippen LogP contribution < -0.4 is 0 Å². The average Bonchev–Trinajstić information content (AvgIpc) is 3.99. The summed E-state index contributed by atoms with van der Waals surface area (Å²) < 4.78 is 2.34. The number of hydrogen-bond donors (Lipinski definition) is 0. The van der Waals surface area contributed by atoms with Gasteiger partial charge in [0.25, 0.3) is 0 Å². The molecule has 0 saturated carbocycles. The van der Waals surface area contributed by atoms with E-state index in [4.69, 9.17) is 9.97 Å². The summed E-state index contributed by atoms with van der Waals surface area (Å²) in [6.07, 6.45) is 9.37. The van der Waals surface area contributed by atoms with Gasteiger partial charge in [0.2, 0.25) is 0 Å². The van der Waals surface area contributed by atoms with E-state index in [-0.39, 0.29) is 5.41 Å². The number of thiazole rings is 1. The van der Waals surface area contributed by atoms with Gasteiger partial charge >= 0.3 is 0 Å². The Balaban J connectivity index is 0.966. The summed E-state index contributed by atoms with van der Waals surface area (Å²) in [5.41, 5.74) is 16.9. The normalized spacial score (nSPS) is 16.6. The second kappa shape index (κ2) is 13.5. The molecule has 0 amide bonds. The predicted octanol–water partition coefficient (Wildman–Crippen LogP) is 15.4. The Labute approximate surface area is 371 Å². The number of pyridine rings is 1. The van der Waals surface area contributed by atoms with Gasteiger partial charge in [0.1, 0.15) is 5.01 Å². The van der Waals surface area contributed by atoms with Crippen molar-refractivity contribution in [2.45, 2.75) is 11.3 Å². The fourth-order valence-electron chi connectivity index (χ4n) is 10.9. The van der Waals surface area contributed by atoms with Crippen LogP contribution in [0.1, 0.15) is 28.2 Å². The van der Waals surface area contributed by atoms with E-state index >= 15 is 0 Å². The van der Waals surface area contributed by atoms with Crippen LogP contribution in [0.5, 0.6) is 0 Å². The molecule has 3 aliphatic rings. The molecule has 2 heterocycles. The molecule has 8 aromatic carbocycles. The van der Waals surface area contributed by atoms with Crippen molar-refractivity contribution in [1.82, 2.24) is 9.97 Å². The first kappa shape index (κ1) is 35.3. The molecule has 0 radical (unpaired) electrons. The van der Waals surface area contributed by atoms with Crippen LogP contribution in [0.25, 0.3) is 87.1 Å². The number of nitrogens with zero attached hydrogens (tertiary/aromatic N) is 2. The summed E-state index contributed by atoms with van der Waals surface area (Å²) in [7, 11) is 0. The molecule has 0 saturated heterocycles. The molecule has 2 unspecified atom stereocenters. The number of rotatable bonds is 4. The quantitative estimate of drug-likeness (QED) is 0.130. The molecule has 286 valence electrons. The standard InChI is InChI=1S/C57H35IN2S/c58-53-45(34-13-3-1-4-14-34)33-50(35-15-5-2-6-16-35)59-54(53)38-25-28-40-37(31-38)24-23-36-27-30-51-55(52(36)40)60-56(61-51)39-26-29-44-43-19-9-12-22-48(43)57(49(44)32-39)46-20-10-7-17-41(46)42-18-8-11-21-47(42)57/h1-33,43,48H. The molecular weight excluding hydrogens is 872 g/mol. The van der Waals surface area contributed by atoms with Gasteiger partial charge in [0.15, 0.2) is 0 Å². The Morgan fingerprint density at radius 3 is 1.97 bits per heavy atom. The molecule has 61 heavy (non-hydrogen) atoms. The van der Waals surface area contributed by atoms with Crippen molar-refractivity contribution in [2.24, 2.45) is 5.92 Å². The van der Waals surface area contributed by atoms with E-state index in [9.17, 15) is 0 Å². The molecule has 4 heteroatoms. The summed E-state index contributed by atoms with van der Waals surface area (Å²) in [4.78, 5) is 10.9. The zero-order valence-corrected chi connectivity index (χ0v) is 35.9. The van der Waals surface area contributed by atoms with Crippen LogP contribution in [-0.4, -0.2) is 9.97 Å². The van der Waals surface area contributed by atoms with Gasteiger partial charge in [0.05, 0.1) is 27.0 Å². The first-order valence-corrected chi connectivity index (χ1v) is 22.8. The first-order valence-electron chi connectivity index (χ1n) is 20.9. The van der Waals surface area contributed by atoms with Crippen molar-refractivity contribution in [3.05, 3.63) is 226 Å². The van der Waals surface area contributed by atoms with Crippen LogP contribution in [0.2, 0.25) is 0 Å². The smallest absolute Gasteiger partial charge is 0.124 e. The van der Waals surface area contributed by atoms with E-state index in [0.717, 1.165) is 36.6 Å². The monoisotopic (exact) mass is 906 g/mol. The maximum Gasteiger partial charge on any atom is 0.124 e. The van der Waals surface area contributed by atoms with Crippen molar-refractivity contribution in [3.8, 4) is 55.3 Å². The first-order chi connectivity index (χ1) is 30.1. The lowest BCUT2D eigenvalue weighted by Crippen LogP contribution is -2.32. The van der Waals surface area contributed by atoms with Gasteiger partial charge in [-0.1, -0.05) is 176 Å². The molecule has 0 aliphatic heterocycles. The van der Waals surface area contributed by atoms with Gasteiger partial charge in [-0.05, 0) is 108 Å². The number of halogens is 1. The van der Waals surface area contributed by atoms with Crippen molar-refractivity contribution in [2.75, 3.05) is 0 Å². The third kappa shape index (κ3) is 5.13. The Morgan fingerprint density at radius 1 is 0.508 bits per heavy atom. The van der Waals surface area contributed by atoms with Gasteiger partial charge in [0, 0.05) is 37.5 Å². The summed E-state index contributed by atoms with van der Waals surface area (Å²) in [6, 6.07) is 64.7. The fraction of sp³-hybridized carbons (Fsp3) is 0.0526. The minimum Gasteiger partial charge on any atom is -0.247 e. The highest BCUT2D eigenvalue weighted by molar-refractivity contribution is 14.1. The number of allylic oxidation sites excluding steroid dienone is 4. The third-order valence-corrected chi connectivity index (χ3v) is 15.6. The Hall–Kier alpha value is -6.47. The second-order valence-electron chi connectivity index (χ2n) is 16.5. The van der Waals surface area contributed by atoms with Gasteiger partial charge in [-0.15, -0.1) is 11.3 Å². The minimum atomic E-state index is -0.267. The number of fused-ring (bicyclic) bond motifs is 15. The van der Waals surface area contributed by atoms with E-state index in [0.29, 0.717) is 11.8 Å². The molecule has 2 nitrogen and oxygen atoms in total. The van der Waals surface area contributed by atoms with E-state index in [1.165, 1.54) is 76.3 Å². The molecular formula is C57H35IN2S. The summed E-state index contributed by atoms with van der Waals surface area (Å²) in [5.74, 6) is 0.611. The van der Waals surface area contributed by atoms with Crippen LogP contribution in [0.4, 0.5) is 0 Å². The lowest BCUT2D eigenvalue weighted by molar-refractivity contribution is 0.465. The van der Waals surface area contributed by atoms with Crippen molar-refractivity contribution >= 4 is 65.7 Å². The van der Waals surface area contributed by atoms with Gasteiger partial charge in [-0.25, -0.2) is 9.97 Å². The van der Waals surface area contributed by atoms with Crippen LogP contribution in [-0.2, 0) is 5.41 Å². The minimum absolute atomic E-state index is 0.267. The molecule has 2 aromatic heterocycles. The maximum absolute atomic E-state index is 5.54. The maximum atomic E-state index is 5.54. The van der Waals surface area contributed by atoms with Gasteiger partial charge in [-0.3, -0.25) is 0 Å². The topological polar surface area (TPSA) is 25.8 Å². The molecule has 13 rings (SSSR count). The molecule has 0 N–H and O–H groups in total. The SMILES string of the molecule is Ic1c(-c2ccccc2)cc(-c2ccccc2)nc1-c1ccc2c(ccc3ccc4sc(-c5ccc6c(c5)C5(c7ccccc7-c7ccccc75)C5C=CC=CC65)nc4c32)c1. The Bertz CT molecular complexity index is 3460. The zero-order valence-electron chi connectivity index (χ0n) is 32.9. The molecule has 3 aliphatic carbocycles. The van der Waals surface area contributed by atoms with Crippen LogP contribution in [0.15, 0.2) is 200 Å². The van der Waals surface area contributed by atoms with Crippen molar-refractivity contribution < 1.29 is 0 Å². The van der Waals surface area contributed by atoms with E-state index in [2.05, 4.69) is 223 Å². The average molecular weight is 907 g/mol. The Kier molecular flexibility index (Phi) is 7.82. The Morgan fingerprint density at radius 2 is 1.18 bits per heavy atom. The fourth-order valence-corrected chi connectivity index (χ4v) is 12.7. The van der Waals surface area contributed by atoms with E-state index < -0.39 is 0 Å². The summed E-state index contributed by atoms with van der Waals surface area (Å²) in [6.45, 7) is 0. The van der Waals surface area contributed by atoms with Crippen molar-refractivity contribution in [3.63, 3.8) is 0 Å². The number of benzene rings is 8. The molecule has 0 fully saturated rings. The van der Waals surface area contributed by atoms with E-state index in [1.54, 1.807) is 11.3 Å². The predicted molar refractivity (Wildman–Crippen MR) is 263 cm³/mol. The lowest BCUT2D eigenvalue weighted by Gasteiger charge is -2.36. The van der Waals surface area contributed by atoms with E-state index in [1.807, 2.05) is 0 Å². The zero-order chi connectivity index (χ0) is 40.2. The lowest BCUT2D eigenvalue weighted by atomic mass is 9.65. The second-order valence-corrected chi connectivity index (χ2v) is 18.6. The van der Waals surface area contributed by atoms with Crippen LogP contribution in [0, 0.1) is 9.49 Å². The number of hydrogen-bond acceptors (Lipinski definition) is 3. The molecule has 0 bridgehead atoms. The summed E-state index contributed by atoms with van der Waals surface area (Å²) in [5, 5.41) is 5.84. The largest absolute Gasteiger partial charge is 0.247 e. The molecule has 2 atom stereocenters. The highest BCUT2D eigenvalue weighted by Gasteiger charge is 2.57. The highest BCUT2D eigenvalue weighted by Crippen LogP contribution is 2.65. The van der Waals surface area contributed by atoms with Gasteiger partial charge < -0.3 is 0 Å². The highest BCUT2D eigenvalue weighted by atomic mass is 127. The van der Waals surface area contributed by atoms with Gasteiger partial charge in [-0.2, -0.15) is 0 Å². The molecule has 10 aromatic rings.